The number of amides is 1. The van der Waals surface area contributed by atoms with Gasteiger partial charge in [0.15, 0.2) is 0 Å². The Labute approximate surface area is 191 Å². The molecule has 0 aliphatic rings. The quantitative estimate of drug-likeness (QED) is 0.342. The molecule has 33 heavy (non-hydrogen) atoms. The minimum atomic E-state index is -0.852. The van der Waals surface area contributed by atoms with Crippen molar-refractivity contribution in [1.82, 2.24) is 10.2 Å². The second-order valence-corrected chi connectivity index (χ2v) is 7.59. The Morgan fingerprint density at radius 3 is 2.18 bits per heavy atom. The summed E-state index contributed by atoms with van der Waals surface area (Å²) in [5.74, 6) is -0.402. The maximum absolute atomic E-state index is 12.4. The van der Waals surface area contributed by atoms with Crippen LogP contribution in [-0.4, -0.2) is 27.4 Å². The van der Waals surface area contributed by atoms with E-state index in [0.717, 1.165) is 33.4 Å². The number of carbonyl (C=O) groups is 2. The number of carbonyl (C=O) groups excluding carboxylic acids is 1. The second-order valence-electron chi connectivity index (χ2n) is 7.59. The number of aromatic nitrogens is 2. The number of ether oxygens (including phenoxy) is 1. The largest absolute Gasteiger partial charge is 0.481 e. The van der Waals surface area contributed by atoms with Crippen LogP contribution in [-0.2, 0) is 16.0 Å². The summed E-state index contributed by atoms with van der Waals surface area (Å²) in [5, 5.41) is 18.5. The molecule has 0 spiro atoms. The van der Waals surface area contributed by atoms with Crippen LogP contribution in [0.15, 0.2) is 85.1 Å². The summed E-state index contributed by atoms with van der Waals surface area (Å²) in [4.78, 5) is 23.2. The van der Waals surface area contributed by atoms with Gasteiger partial charge in [-0.25, -0.2) is 4.79 Å². The van der Waals surface area contributed by atoms with Crippen molar-refractivity contribution in [2.45, 2.75) is 19.4 Å². The average molecular weight is 441 g/mol. The van der Waals surface area contributed by atoms with Crippen LogP contribution in [0.5, 0.6) is 0 Å². The minimum Gasteiger partial charge on any atom is -0.481 e. The van der Waals surface area contributed by atoms with Gasteiger partial charge in [-0.05, 0) is 34.7 Å². The lowest BCUT2D eigenvalue weighted by Crippen LogP contribution is -2.16. The van der Waals surface area contributed by atoms with E-state index in [-0.39, 0.29) is 6.42 Å². The number of anilines is 1. The van der Waals surface area contributed by atoms with Gasteiger partial charge in [0.1, 0.15) is 11.9 Å². The zero-order chi connectivity index (χ0) is 23.2. The van der Waals surface area contributed by atoms with Gasteiger partial charge in [-0.1, -0.05) is 78.9 Å². The molecule has 0 fully saturated rings. The molecule has 3 aromatic carbocycles. The number of carboxylic acids is 1. The first-order valence-corrected chi connectivity index (χ1v) is 10.5. The number of carboxylic acid groups (broad SMARTS) is 1. The Balaban J connectivity index is 1.44. The van der Waals surface area contributed by atoms with Gasteiger partial charge in [-0.3, -0.25) is 15.2 Å². The van der Waals surface area contributed by atoms with Gasteiger partial charge in [-0.15, -0.1) is 0 Å². The third-order valence-electron chi connectivity index (χ3n) is 5.26. The SMILES string of the molecule is CC(OC(=O)Nc1[nH]ncc1-c1ccc(-c2ccc(CC(=O)O)cc2)cc1)c1ccccc1. The van der Waals surface area contributed by atoms with E-state index in [4.69, 9.17) is 9.84 Å². The fourth-order valence-electron chi connectivity index (χ4n) is 3.52. The van der Waals surface area contributed by atoms with Crippen molar-refractivity contribution in [3.05, 3.63) is 96.2 Å². The lowest BCUT2D eigenvalue weighted by Gasteiger charge is -2.14. The first-order chi connectivity index (χ1) is 16.0. The molecule has 1 heterocycles. The van der Waals surface area contributed by atoms with Gasteiger partial charge >= 0.3 is 12.1 Å². The predicted octanol–water partition coefficient (Wildman–Crippen LogP) is 5.68. The highest BCUT2D eigenvalue weighted by atomic mass is 16.6. The van der Waals surface area contributed by atoms with Gasteiger partial charge in [0, 0.05) is 5.56 Å². The van der Waals surface area contributed by atoms with Crippen molar-refractivity contribution in [2.75, 3.05) is 5.32 Å². The maximum atomic E-state index is 12.4. The number of nitrogens with one attached hydrogen (secondary N) is 2. The number of benzene rings is 3. The first kappa shape index (κ1) is 21.8. The zero-order valence-electron chi connectivity index (χ0n) is 18.0. The minimum absolute atomic E-state index is 0.00203. The molecule has 0 radical (unpaired) electrons. The van der Waals surface area contributed by atoms with Crippen LogP contribution in [0.4, 0.5) is 10.6 Å². The molecule has 1 atom stereocenters. The molecule has 166 valence electrons. The van der Waals surface area contributed by atoms with Gasteiger partial charge in [0.2, 0.25) is 0 Å². The summed E-state index contributed by atoms with van der Waals surface area (Å²) in [6.45, 7) is 1.82. The van der Waals surface area contributed by atoms with Crippen molar-refractivity contribution in [3.63, 3.8) is 0 Å². The molecule has 1 amide bonds. The lowest BCUT2D eigenvalue weighted by molar-refractivity contribution is -0.136. The molecule has 0 aliphatic carbocycles. The molecular formula is C26H23N3O4. The van der Waals surface area contributed by atoms with Crippen LogP contribution < -0.4 is 5.32 Å². The molecule has 0 saturated carbocycles. The molecule has 0 saturated heterocycles. The molecule has 1 aromatic heterocycles. The van der Waals surface area contributed by atoms with Crippen molar-refractivity contribution in [2.24, 2.45) is 0 Å². The van der Waals surface area contributed by atoms with Gasteiger partial charge < -0.3 is 9.84 Å². The highest BCUT2D eigenvalue weighted by molar-refractivity contribution is 5.89. The third-order valence-corrected chi connectivity index (χ3v) is 5.26. The number of H-pyrrole nitrogens is 1. The Morgan fingerprint density at radius 1 is 0.939 bits per heavy atom. The molecule has 0 aliphatic heterocycles. The number of rotatable bonds is 7. The number of aliphatic carboxylic acids is 1. The van der Waals surface area contributed by atoms with Crippen LogP contribution in [0, 0.1) is 0 Å². The Hall–Kier alpha value is -4.39. The number of hydrogen-bond acceptors (Lipinski definition) is 4. The van der Waals surface area contributed by atoms with E-state index >= 15 is 0 Å². The fraction of sp³-hybridized carbons (Fsp3) is 0.115. The molecular weight excluding hydrogens is 418 g/mol. The molecule has 3 N–H and O–H groups in total. The number of hydrogen-bond donors (Lipinski definition) is 3. The smallest absolute Gasteiger partial charge is 0.413 e. The fourth-order valence-corrected chi connectivity index (χ4v) is 3.52. The third kappa shape index (κ3) is 5.46. The molecule has 4 rings (SSSR count). The number of aromatic amines is 1. The lowest BCUT2D eigenvalue weighted by atomic mass is 10.00. The van der Waals surface area contributed by atoms with E-state index in [2.05, 4.69) is 15.5 Å². The van der Waals surface area contributed by atoms with Crippen LogP contribution in [0.1, 0.15) is 24.2 Å². The molecule has 0 bridgehead atoms. The maximum Gasteiger partial charge on any atom is 0.413 e. The standard InChI is InChI=1S/C26H23N3O4/c1-17(19-5-3-2-4-6-19)33-26(32)28-25-23(16-27-29-25)22-13-11-21(12-14-22)20-9-7-18(8-10-20)15-24(30)31/h2-14,16-17H,15H2,1H3,(H,30,31)(H2,27,28,29,32). The summed E-state index contributed by atoms with van der Waals surface area (Å²) < 4.78 is 5.48. The van der Waals surface area contributed by atoms with Crippen LogP contribution in [0.3, 0.4) is 0 Å². The van der Waals surface area contributed by atoms with E-state index in [1.165, 1.54) is 0 Å². The van der Waals surface area contributed by atoms with E-state index in [9.17, 15) is 9.59 Å². The summed E-state index contributed by atoms with van der Waals surface area (Å²) >= 11 is 0. The van der Waals surface area contributed by atoms with Gasteiger partial charge in [0.25, 0.3) is 0 Å². The van der Waals surface area contributed by atoms with E-state index in [0.29, 0.717) is 5.82 Å². The summed E-state index contributed by atoms with van der Waals surface area (Å²) in [6.07, 6.45) is 0.683. The van der Waals surface area contributed by atoms with Crippen LogP contribution in [0.25, 0.3) is 22.3 Å². The summed E-state index contributed by atoms with van der Waals surface area (Å²) in [6, 6.07) is 24.8. The van der Waals surface area contributed by atoms with Crippen LogP contribution in [0.2, 0.25) is 0 Å². The second kappa shape index (κ2) is 9.82. The number of nitrogens with zero attached hydrogens (tertiary/aromatic N) is 1. The van der Waals surface area contributed by atoms with Crippen LogP contribution >= 0.6 is 0 Å². The average Bonchev–Trinajstić information content (AvgIpc) is 3.28. The van der Waals surface area contributed by atoms with E-state index in [1.54, 1.807) is 6.20 Å². The zero-order valence-corrected chi connectivity index (χ0v) is 18.0. The monoisotopic (exact) mass is 441 g/mol. The van der Waals surface area contributed by atoms with E-state index in [1.807, 2.05) is 85.8 Å². The Morgan fingerprint density at radius 2 is 1.55 bits per heavy atom. The molecule has 1 unspecified atom stereocenters. The Kier molecular flexibility index (Phi) is 6.50. The summed E-state index contributed by atoms with van der Waals surface area (Å²) in [7, 11) is 0. The molecule has 4 aromatic rings. The molecule has 7 nitrogen and oxygen atoms in total. The van der Waals surface area contributed by atoms with Crippen molar-refractivity contribution >= 4 is 17.9 Å². The van der Waals surface area contributed by atoms with Crippen molar-refractivity contribution in [3.8, 4) is 22.3 Å². The van der Waals surface area contributed by atoms with Gasteiger partial charge in [0.05, 0.1) is 12.6 Å². The highest BCUT2D eigenvalue weighted by Crippen LogP contribution is 2.29. The molecule has 7 heteroatoms. The normalized spacial score (nSPS) is 11.5. The van der Waals surface area contributed by atoms with E-state index < -0.39 is 18.2 Å². The van der Waals surface area contributed by atoms with Gasteiger partial charge in [-0.2, -0.15) is 5.10 Å². The highest BCUT2D eigenvalue weighted by Gasteiger charge is 2.15. The summed E-state index contributed by atoms with van der Waals surface area (Å²) in [5.41, 5.74) is 5.26. The predicted molar refractivity (Wildman–Crippen MR) is 126 cm³/mol. The van der Waals surface area contributed by atoms with Crippen molar-refractivity contribution < 1.29 is 19.4 Å². The first-order valence-electron chi connectivity index (χ1n) is 10.5. The Bertz CT molecular complexity index is 1230. The topological polar surface area (TPSA) is 104 Å². The van der Waals surface area contributed by atoms with Crippen molar-refractivity contribution in [1.29, 1.82) is 0 Å².